The largest absolute Gasteiger partial charge is 0.0845 e. The van der Waals surface area contributed by atoms with Gasteiger partial charge in [0.1, 0.15) is 0 Å². The van der Waals surface area contributed by atoms with Crippen molar-refractivity contribution in [2.24, 2.45) is 0 Å². The van der Waals surface area contributed by atoms with Crippen LogP contribution in [0.3, 0.4) is 0 Å². The van der Waals surface area contributed by atoms with Crippen LogP contribution in [-0.4, -0.2) is 5.75 Å². The fourth-order valence-corrected chi connectivity index (χ4v) is 12.8. The quantitative estimate of drug-likeness (QED) is 0.362. The minimum absolute atomic E-state index is 1.22. The molecule has 6 heteroatoms. The molecular formula is C16H26S6. The first-order valence-corrected chi connectivity index (χ1v) is 15.6. The van der Waals surface area contributed by atoms with E-state index < -0.39 is 0 Å². The van der Waals surface area contributed by atoms with Crippen molar-refractivity contribution in [3.63, 3.8) is 0 Å². The van der Waals surface area contributed by atoms with E-state index in [0.29, 0.717) is 0 Å². The molecule has 0 nitrogen and oxygen atoms in total. The lowest BCUT2D eigenvalue weighted by Crippen LogP contribution is -1.82. The molecule has 22 heavy (non-hydrogen) atoms. The molecule has 0 aromatic rings. The van der Waals surface area contributed by atoms with E-state index in [0.717, 1.165) is 0 Å². The van der Waals surface area contributed by atoms with Gasteiger partial charge in [-0.15, -0.1) is 0 Å². The van der Waals surface area contributed by atoms with Crippen molar-refractivity contribution in [1.29, 1.82) is 0 Å². The standard InChI is InChI=1S/C16H26S6/c1-2-4-6-8-10-12-14-16-18-20-22-21-19-17-15-13-11-9-7-5-3-1/h5,7,9,11,13,15H,1-4,6,8,10,12,14,16H2. The molecule has 0 bridgehead atoms. The number of hydrogen-bond acceptors (Lipinski definition) is 6. The van der Waals surface area contributed by atoms with Crippen LogP contribution < -0.4 is 0 Å². The van der Waals surface area contributed by atoms with Crippen LogP contribution in [0.5, 0.6) is 0 Å². The first-order valence-electron chi connectivity index (χ1n) is 7.93. The highest BCUT2D eigenvalue weighted by Crippen LogP contribution is 2.52. The minimum atomic E-state index is 1.22. The van der Waals surface area contributed by atoms with Gasteiger partial charge in [0.15, 0.2) is 0 Å². The summed E-state index contributed by atoms with van der Waals surface area (Å²) in [5.74, 6) is 1.30. The topological polar surface area (TPSA) is 0 Å². The van der Waals surface area contributed by atoms with Crippen molar-refractivity contribution in [2.75, 3.05) is 5.75 Å². The van der Waals surface area contributed by atoms with Crippen LogP contribution in [0.4, 0.5) is 0 Å². The smallest absolute Gasteiger partial charge is 0.00454 e. The number of allylic oxidation sites excluding steroid dienone is 5. The summed E-state index contributed by atoms with van der Waals surface area (Å²) in [4.78, 5) is 0. The van der Waals surface area contributed by atoms with Gasteiger partial charge in [0.05, 0.1) is 0 Å². The lowest BCUT2D eigenvalue weighted by atomic mass is 10.1. The summed E-state index contributed by atoms with van der Waals surface area (Å²) in [5, 5.41) is 2.15. The Morgan fingerprint density at radius 3 is 2.09 bits per heavy atom. The first kappa shape index (κ1) is 21.4. The molecule has 0 saturated heterocycles. The second-order valence-corrected chi connectivity index (χ2v) is 14.4. The Balaban J connectivity index is 2.16. The molecule has 1 aliphatic rings. The zero-order valence-electron chi connectivity index (χ0n) is 13.0. The maximum atomic E-state index is 2.29. The molecule has 1 heterocycles. The van der Waals surface area contributed by atoms with Crippen molar-refractivity contribution in [3.8, 4) is 0 Å². The molecule has 0 unspecified atom stereocenters. The van der Waals surface area contributed by atoms with E-state index in [2.05, 4.69) is 35.8 Å². The fourth-order valence-electron chi connectivity index (χ4n) is 1.98. The zero-order chi connectivity index (χ0) is 15.6. The summed E-state index contributed by atoms with van der Waals surface area (Å²) in [6.45, 7) is 0. The van der Waals surface area contributed by atoms with Gasteiger partial charge in [-0.3, -0.25) is 0 Å². The summed E-state index contributed by atoms with van der Waals surface area (Å²) >= 11 is 0. The summed E-state index contributed by atoms with van der Waals surface area (Å²) < 4.78 is 0. The molecule has 0 atom stereocenters. The highest BCUT2D eigenvalue weighted by atomic mass is 33.9. The number of rotatable bonds is 0. The van der Waals surface area contributed by atoms with E-state index >= 15 is 0 Å². The van der Waals surface area contributed by atoms with Crippen LogP contribution >= 0.6 is 60.9 Å². The van der Waals surface area contributed by atoms with Gasteiger partial charge in [0.2, 0.25) is 0 Å². The third-order valence-corrected chi connectivity index (χ3v) is 13.6. The monoisotopic (exact) mass is 410 g/mol. The van der Waals surface area contributed by atoms with Gasteiger partial charge >= 0.3 is 0 Å². The van der Waals surface area contributed by atoms with Crippen molar-refractivity contribution in [1.82, 2.24) is 0 Å². The summed E-state index contributed by atoms with van der Waals surface area (Å²) in [7, 11) is 11.3. The maximum Gasteiger partial charge on any atom is 0.00454 e. The second-order valence-electron chi connectivity index (χ2n) is 4.95. The van der Waals surface area contributed by atoms with Gasteiger partial charge < -0.3 is 0 Å². The molecule has 126 valence electrons. The molecule has 1 aliphatic heterocycles. The Kier molecular flexibility index (Phi) is 18.1. The molecule has 0 radical (unpaired) electrons. The Labute approximate surface area is 159 Å². The molecule has 0 N–H and O–H groups in total. The highest BCUT2D eigenvalue weighted by molar-refractivity contribution is 9.42. The third kappa shape index (κ3) is 16.2. The van der Waals surface area contributed by atoms with Crippen molar-refractivity contribution >= 4 is 60.9 Å². The Morgan fingerprint density at radius 2 is 1.23 bits per heavy atom. The van der Waals surface area contributed by atoms with Gasteiger partial charge in [-0.1, -0.05) is 90.5 Å². The fraction of sp³-hybridized carbons (Fsp3) is 0.625. The third-order valence-electron chi connectivity index (χ3n) is 3.12. The van der Waals surface area contributed by atoms with Crippen LogP contribution in [-0.2, 0) is 0 Å². The van der Waals surface area contributed by atoms with Gasteiger partial charge in [-0.05, 0) is 64.0 Å². The van der Waals surface area contributed by atoms with Gasteiger partial charge in [0.25, 0.3) is 0 Å². The average molecular weight is 411 g/mol. The van der Waals surface area contributed by atoms with Crippen molar-refractivity contribution in [2.45, 2.75) is 57.8 Å². The lowest BCUT2D eigenvalue weighted by molar-refractivity contribution is 0.579. The molecule has 0 aliphatic carbocycles. The van der Waals surface area contributed by atoms with E-state index in [9.17, 15) is 0 Å². The molecule has 0 fully saturated rings. The summed E-state index contributed by atoms with van der Waals surface area (Å²) in [5.41, 5.74) is 0. The maximum absolute atomic E-state index is 2.29. The average Bonchev–Trinajstić information content (AvgIpc) is 2.53. The van der Waals surface area contributed by atoms with E-state index in [1.807, 2.05) is 50.1 Å². The van der Waals surface area contributed by atoms with Crippen LogP contribution in [0.15, 0.2) is 35.8 Å². The van der Waals surface area contributed by atoms with Crippen LogP contribution in [0.25, 0.3) is 0 Å². The molecule has 1 rings (SSSR count). The zero-order valence-corrected chi connectivity index (χ0v) is 17.9. The first-order chi connectivity index (χ1) is 11.0. The van der Waals surface area contributed by atoms with Crippen LogP contribution in [0.1, 0.15) is 57.8 Å². The Bertz CT molecular complexity index is 284. The molecular weight excluding hydrogens is 385 g/mol. The Hall–Kier alpha value is 1.32. The molecule has 0 aromatic heterocycles. The predicted molar refractivity (Wildman–Crippen MR) is 119 cm³/mol. The number of hydrogen-bond donors (Lipinski definition) is 0. The van der Waals surface area contributed by atoms with Gasteiger partial charge in [-0.2, -0.15) is 0 Å². The van der Waals surface area contributed by atoms with Gasteiger partial charge in [-0.25, -0.2) is 0 Å². The Morgan fingerprint density at radius 1 is 0.545 bits per heavy atom. The molecule has 0 amide bonds. The van der Waals surface area contributed by atoms with Crippen molar-refractivity contribution < 1.29 is 0 Å². The molecule has 0 spiro atoms. The van der Waals surface area contributed by atoms with Crippen LogP contribution in [0, 0.1) is 0 Å². The minimum Gasteiger partial charge on any atom is -0.0845 e. The van der Waals surface area contributed by atoms with Crippen LogP contribution in [0.2, 0.25) is 0 Å². The lowest BCUT2D eigenvalue weighted by Gasteiger charge is -2.02. The SMILES string of the molecule is C1=CC=CSSSSSSCCCCCCCCCCC=C1. The molecule has 0 aromatic carbocycles. The van der Waals surface area contributed by atoms with Crippen molar-refractivity contribution in [3.05, 3.63) is 35.8 Å². The second kappa shape index (κ2) is 18.7. The normalized spacial score (nSPS) is 21.8. The van der Waals surface area contributed by atoms with E-state index in [-0.39, 0.29) is 0 Å². The molecule has 0 saturated carbocycles. The predicted octanol–water partition coefficient (Wildman–Crippen LogP) is 9.11. The van der Waals surface area contributed by atoms with E-state index in [1.54, 1.807) is 10.8 Å². The van der Waals surface area contributed by atoms with E-state index in [4.69, 9.17) is 0 Å². The summed E-state index contributed by atoms with van der Waals surface area (Å²) in [6, 6.07) is 0. The van der Waals surface area contributed by atoms with E-state index in [1.165, 1.54) is 63.5 Å². The highest BCUT2D eigenvalue weighted by Gasteiger charge is 1.95. The summed E-state index contributed by atoms with van der Waals surface area (Å²) in [6.07, 6.45) is 23.3. The van der Waals surface area contributed by atoms with Gasteiger partial charge in [0, 0.05) is 5.75 Å².